The number of carbonyl (C=O) groups excluding carboxylic acids is 1. The minimum atomic E-state index is -0.736. The average Bonchev–Trinajstić information content (AvgIpc) is 1.88. The maximum Gasteiger partial charge on any atom is 0.269 e. The van der Waals surface area contributed by atoms with Gasteiger partial charge in [-0.3, -0.25) is 10.5 Å². The molecule has 3 nitrogen and oxygen atoms in total. The molecule has 1 aromatic rings. The molecule has 0 aliphatic rings. The lowest BCUT2D eigenvalue weighted by Gasteiger charge is -1.92. The zero-order chi connectivity index (χ0) is 7.56. The lowest BCUT2D eigenvalue weighted by Crippen LogP contribution is -1.96. The number of amides is 1. The first kappa shape index (κ1) is 6.61. The number of carbonyl (C=O) groups is 1. The summed E-state index contributed by atoms with van der Waals surface area (Å²) in [5.74, 6) is -0.634. The van der Waals surface area contributed by atoms with Crippen LogP contribution in [-0.4, -0.2) is 11.0 Å². The number of phenols is 1. The zero-order valence-corrected chi connectivity index (χ0v) is 5.16. The molecule has 0 spiro atoms. The van der Waals surface area contributed by atoms with Gasteiger partial charge in [0, 0.05) is 5.56 Å². The van der Waals surface area contributed by atoms with Crippen LogP contribution in [0.25, 0.3) is 0 Å². The molecule has 0 saturated heterocycles. The molecule has 0 atom stereocenters. The summed E-state index contributed by atoms with van der Waals surface area (Å²) in [4.78, 5) is 10.3. The first-order valence-electron chi connectivity index (χ1n) is 2.75. The van der Waals surface area contributed by atoms with Crippen molar-refractivity contribution in [2.45, 2.75) is 0 Å². The van der Waals surface area contributed by atoms with Crippen molar-refractivity contribution < 1.29 is 9.90 Å². The number of aromatic hydroxyl groups is 1. The second-order valence-electron chi connectivity index (χ2n) is 1.88. The van der Waals surface area contributed by atoms with Crippen molar-refractivity contribution in [1.82, 2.24) is 5.73 Å². The van der Waals surface area contributed by atoms with Gasteiger partial charge in [0.05, 0.1) is 0 Å². The molecular formula is C7H6NO2. The fourth-order valence-corrected chi connectivity index (χ4v) is 0.613. The summed E-state index contributed by atoms with van der Waals surface area (Å²) in [7, 11) is 0. The lowest BCUT2D eigenvalue weighted by molar-refractivity contribution is 0.0992. The molecule has 3 heteroatoms. The maximum atomic E-state index is 10.3. The van der Waals surface area contributed by atoms with Gasteiger partial charge in [0.25, 0.3) is 5.91 Å². The molecule has 1 rings (SSSR count). The highest BCUT2D eigenvalue weighted by Crippen LogP contribution is 2.08. The van der Waals surface area contributed by atoms with Gasteiger partial charge in [-0.05, 0) is 24.3 Å². The third-order valence-electron chi connectivity index (χ3n) is 1.13. The maximum absolute atomic E-state index is 10.3. The van der Waals surface area contributed by atoms with Crippen molar-refractivity contribution in [2.75, 3.05) is 0 Å². The van der Waals surface area contributed by atoms with Crippen LogP contribution >= 0.6 is 0 Å². The fourth-order valence-electron chi connectivity index (χ4n) is 0.613. The van der Waals surface area contributed by atoms with E-state index in [9.17, 15) is 4.79 Å². The van der Waals surface area contributed by atoms with Crippen LogP contribution in [0.3, 0.4) is 0 Å². The van der Waals surface area contributed by atoms with Crippen LogP contribution in [0.4, 0.5) is 0 Å². The van der Waals surface area contributed by atoms with E-state index in [2.05, 4.69) is 0 Å². The molecule has 1 aromatic carbocycles. The van der Waals surface area contributed by atoms with Crippen LogP contribution in [0.2, 0.25) is 0 Å². The molecule has 1 amide bonds. The summed E-state index contributed by atoms with van der Waals surface area (Å²) in [6.07, 6.45) is 0. The van der Waals surface area contributed by atoms with Crippen molar-refractivity contribution in [3.05, 3.63) is 29.8 Å². The van der Waals surface area contributed by atoms with E-state index in [1.807, 2.05) is 0 Å². The van der Waals surface area contributed by atoms with Gasteiger partial charge in [0.2, 0.25) is 0 Å². The largest absolute Gasteiger partial charge is 0.508 e. The van der Waals surface area contributed by atoms with Gasteiger partial charge < -0.3 is 5.11 Å². The summed E-state index contributed by atoms with van der Waals surface area (Å²) in [5.41, 5.74) is 6.96. The Balaban J connectivity index is 3.00. The van der Waals surface area contributed by atoms with E-state index in [0.29, 0.717) is 0 Å². The Morgan fingerprint density at radius 1 is 1.30 bits per heavy atom. The smallest absolute Gasteiger partial charge is 0.269 e. The van der Waals surface area contributed by atoms with Gasteiger partial charge in [-0.15, -0.1) is 0 Å². The summed E-state index contributed by atoms with van der Waals surface area (Å²) in [6, 6.07) is 5.57. The Morgan fingerprint density at radius 3 is 2.20 bits per heavy atom. The van der Waals surface area contributed by atoms with Gasteiger partial charge in [-0.25, -0.2) is 0 Å². The molecule has 2 N–H and O–H groups in total. The van der Waals surface area contributed by atoms with Gasteiger partial charge >= 0.3 is 0 Å². The molecule has 0 bridgehead atoms. The topological polar surface area (TPSA) is 61.1 Å². The Kier molecular flexibility index (Phi) is 1.58. The molecule has 1 radical (unpaired) electrons. The summed E-state index contributed by atoms with van der Waals surface area (Å²) in [5, 5.41) is 8.77. The Labute approximate surface area is 58.1 Å². The number of rotatable bonds is 1. The summed E-state index contributed by atoms with van der Waals surface area (Å²) in [6.45, 7) is 0. The van der Waals surface area contributed by atoms with E-state index in [-0.39, 0.29) is 11.3 Å². The van der Waals surface area contributed by atoms with Crippen LogP contribution in [0.1, 0.15) is 10.4 Å². The molecule has 0 aliphatic heterocycles. The second-order valence-corrected chi connectivity index (χ2v) is 1.88. The predicted molar refractivity (Wildman–Crippen MR) is 35.5 cm³/mol. The van der Waals surface area contributed by atoms with Crippen molar-refractivity contribution in [2.24, 2.45) is 0 Å². The zero-order valence-electron chi connectivity index (χ0n) is 5.16. The quantitative estimate of drug-likeness (QED) is 0.621. The van der Waals surface area contributed by atoms with Gasteiger partial charge in [0.15, 0.2) is 0 Å². The van der Waals surface area contributed by atoms with Crippen molar-refractivity contribution in [3.63, 3.8) is 0 Å². The van der Waals surface area contributed by atoms with Crippen LogP contribution in [0, 0.1) is 0 Å². The highest BCUT2D eigenvalue weighted by Gasteiger charge is 1.98. The molecule has 0 aliphatic carbocycles. The van der Waals surface area contributed by atoms with Crippen LogP contribution in [0.15, 0.2) is 24.3 Å². The van der Waals surface area contributed by atoms with Crippen molar-refractivity contribution in [1.29, 1.82) is 0 Å². The molecule has 10 heavy (non-hydrogen) atoms. The summed E-state index contributed by atoms with van der Waals surface area (Å²) >= 11 is 0. The molecule has 51 valence electrons. The van der Waals surface area contributed by atoms with Crippen molar-refractivity contribution >= 4 is 5.91 Å². The third-order valence-corrected chi connectivity index (χ3v) is 1.13. The third kappa shape index (κ3) is 1.25. The molecule has 0 fully saturated rings. The monoisotopic (exact) mass is 136 g/mol. The summed E-state index contributed by atoms with van der Waals surface area (Å²) < 4.78 is 0. The minimum Gasteiger partial charge on any atom is -0.508 e. The number of phenolic OH excluding ortho intramolecular Hbond substituents is 1. The van der Waals surface area contributed by atoms with E-state index >= 15 is 0 Å². The molecular weight excluding hydrogens is 130 g/mol. The molecule has 0 unspecified atom stereocenters. The Morgan fingerprint density at radius 2 is 1.80 bits per heavy atom. The van der Waals surface area contributed by atoms with Gasteiger partial charge in [0.1, 0.15) is 5.75 Å². The highest BCUT2D eigenvalue weighted by molar-refractivity contribution is 5.92. The van der Waals surface area contributed by atoms with E-state index < -0.39 is 5.91 Å². The minimum absolute atomic E-state index is 0.102. The Bertz CT molecular complexity index is 240. The van der Waals surface area contributed by atoms with E-state index in [1.54, 1.807) is 0 Å². The fraction of sp³-hybridized carbons (Fsp3) is 0. The Hall–Kier alpha value is -1.51. The SMILES string of the molecule is [NH]C(=O)c1ccc(O)cc1. The normalized spacial score (nSPS) is 9.20. The number of benzene rings is 1. The number of nitrogens with one attached hydrogen (secondary N) is 1. The molecule has 0 aromatic heterocycles. The van der Waals surface area contributed by atoms with E-state index in [4.69, 9.17) is 10.8 Å². The van der Waals surface area contributed by atoms with Crippen LogP contribution < -0.4 is 5.73 Å². The van der Waals surface area contributed by atoms with E-state index in [1.165, 1.54) is 24.3 Å². The average molecular weight is 136 g/mol. The lowest BCUT2D eigenvalue weighted by atomic mass is 10.2. The van der Waals surface area contributed by atoms with E-state index in [0.717, 1.165) is 0 Å². The van der Waals surface area contributed by atoms with Gasteiger partial charge in [-0.2, -0.15) is 0 Å². The first-order chi connectivity index (χ1) is 4.70. The van der Waals surface area contributed by atoms with Crippen LogP contribution in [0.5, 0.6) is 5.75 Å². The van der Waals surface area contributed by atoms with Gasteiger partial charge in [-0.1, -0.05) is 0 Å². The highest BCUT2D eigenvalue weighted by atomic mass is 16.3. The second kappa shape index (κ2) is 2.39. The van der Waals surface area contributed by atoms with Crippen molar-refractivity contribution in [3.8, 4) is 5.75 Å². The van der Waals surface area contributed by atoms with Crippen LogP contribution in [-0.2, 0) is 0 Å². The number of hydrogen-bond acceptors (Lipinski definition) is 2. The standard InChI is InChI=1S/C7H6NO2/c8-7(10)5-1-3-6(9)4-2-5/h1-4,8-9H. The molecule has 0 heterocycles. The first-order valence-corrected chi connectivity index (χ1v) is 2.75. The molecule has 0 saturated carbocycles. The number of hydrogen-bond donors (Lipinski definition) is 1. The predicted octanol–water partition coefficient (Wildman–Crippen LogP) is 0.815.